The average Bonchev–Trinajstić information content (AvgIpc) is 2.35. The largest absolute Gasteiger partial charge is 0.495 e. The van der Waals surface area contributed by atoms with E-state index in [0.717, 1.165) is 24.8 Å². The molecule has 1 unspecified atom stereocenters. The Morgan fingerprint density at radius 2 is 1.95 bits per heavy atom. The van der Waals surface area contributed by atoms with E-state index < -0.39 is 0 Å². The van der Waals surface area contributed by atoms with Crippen molar-refractivity contribution in [3.05, 3.63) is 27.7 Å². The summed E-state index contributed by atoms with van der Waals surface area (Å²) in [6, 6.07) is 3.31. The van der Waals surface area contributed by atoms with Gasteiger partial charge in [0.05, 0.1) is 17.7 Å². The van der Waals surface area contributed by atoms with E-state index in [-0.39, 0.29) is 11.6 Å². The average molecular weight is 304 g/mol. The molecule has 0 amide bonds. The van der Waals surface area contributed by atoms with Crippen LogP contribution in [-0.4, -0.2) is 19.8 Å². The first kappa shape index (κ1) is 14.9. The molecule has 1 atom stereocenters. The summed E-state index contributed by atoms with van der Waals surface area (Å²) in [7, 11) is 3.31. The second kappa shape index (κ2) is 5.88. The van der Waals surface area contributed by atoms with Crippen LogP contribution < -0.4 is 10.5 Å². The Morgan fingerprint density at radius 3 is 2.42 bits per heavy atom. The van der Waals surface area contributed by atoms with Crippen LogP contribution in [0.25, 0.3) is 0 Å². The molecule has 0 radical (unpaired) electrons. The van der Waals surface area contributed by atoms with E-state index in [1.54, 1.807) is 26.4 Å². The van der Waals surface area contributed by atoms with Crippen LogP contribution in [0.4, 0.5) is 0 Å². The molecule has 3 nitrogen and oxygen atoms in total. The highest BCUT2D eigenvalue weighted by atomic mass is 35.5. The maximum Gasteiger partial charge on any atom is 0.138 e. The third kappa shape index (κ3) is 3.00. The predicted molar refractivity (Wildman–Crippen MR) is 78.2 cm³/mol. The Morgan fingerprint density at radius 1 is 1.26 bits per heavy atom. The first-order chi connectivity index (χ1) is 9.01. The minimum absolute atomic E-state index is 0.0881. The lowest BCUT2D eigenvalue weighted by Gasteiger charge is -2.42. The molecule has 1 saturated carbocycles. The smallest absolute Gasteiger partial charge is 0.138 e. The summed E-state index contributed by atoms with van der Waals surface area (Å²) in [5, 5.41) is 1.11. The molecule has 0 bridgehead atoms. The van der Waals surface area contributed by atoms with Gasteiger partial charge in [0.2, 0.25) is 0 Å². The van der Waals surface area contributed by atoms with Crippen molar-refractivity contribution in [2.24, 2.45) is 5.73 Å². The van der Waals surface area contributed by atoms with Crippen molar-refractivity contribution in [2.75, 3.05) is 14.2 Å². The summed E-state index contributed by atoms with van der Waals surface area (Å²) >= 11 is 12.4. The lowest BCUT2D eigenvalue weighted by atomic mass is 9.75. The summed E-state index contributed by atoms with van der Waals surface area (Å²) in [5.41, 5.74) is 7.02. The zero-order chi connectivity index (χ0) is 14.0. The van der Waals surface area contributed by atoms with Gasteiger partial charge in [0, 0.05) is 24.2 Å². The first-order valence-electron chi connectivity index (χ1n) is 6.35. The maximum absolute atomic E-state index is 6.26. The van der Waals surface area contributed by atoms with Crippen LogP contribution in [0, 0.1) is 0 Å². The van der Waals surface area contributed by atoms with Crippen LogP contribution in [0.15, 0.2) is 12.1 Å². The van der Waals surface area contributed by atoms with Crippen molar-refractivity contribution in [3.8, 4) is 5.75 Å². The molecule has 2 rings (SSSR count). The fourth-order valence-corrected chi connectivity index (χ4v) is 3.10. The molecule has 2 N–H and O–H groups in total. The quantitative estimate of drug-likeness (QED) is 0.895. The van der Waals surface area contributed by atoms with Gasteiger partial charge >= 0.3 is 0 Å². The number of benzene rings is 1. The first-order valence-corrected chi connectivity index (χ1v) is 7.10. The van der Waals surface area contributed by atoms with Crippen LogP contribution in [0.2, 0.25) is 10.0 Å². The minimum atomic E-state index is -0.184. The fourth-order valence-electron chi connectivity index (χ4n) is 2.56. The fraction of sp³-hybridized carbons (Fsp3) is 0.571. The molecular weight excluding hydrogens is 285 g/mol. The highest BCUT2D eigenvalue weighted by molar-refractivity contribution is 6.34. The molecule has 0 spiro atoms. The van der Waals surface area contributed by atoms with Gasteiger partial charge in [0.1, 0.15) is 5.75 Å². The Bertz CT molecular complexity index is 455. The third-order valence-corrected chi connectivity index (χ3v) is 4.58. The number of ether oxygens (including phenoxy) is 2. The van der Waals surface area contributed by atoms with Crippen molar-refractivity contribution >= 4 is 23.2 Å². The summed E-state index contributed by atoms with van der Waals surface area (Å²) in [6.07, 6.45) is 4.06. The van der Waals surface area contributed by atoms with Gasteiger partial charge in [-0.15, -0.1) is 0 Å². The monoisotopic (exact) mass is 303 g/mol. The van der Waals surface area contributed by atoms with Crippen LogP contribution in [-0.2, 0) is 4.74 Å². The highest BCUT2D eigenvalue weighted by Gasteiger charge is 2.38. The van der Waals surface area contributed by atoms with Crippen LogP contribution in [0.1, 0.15) is 37.3 Å². The molecule has 1 aliphatic carbocycles. The summed E-state index contributed by atoms with van der Waals surface area (Å²) in [6.45, 7) is 0. The van der Waals surface area contributed by atoms with E-state index in [9.17, 15) is 0 Å². The zero-order valence-electron chi connectivity index (χ0n) is 11.2. The van der Waals surface area contributed by atoms with Crippen molar-refractivity contribution in [2.45, 2.75) is 37.3 Å². The molecule has 5 heteroatoms. The van der Waals surface area contributed by atoms with Gasteiger partial charge in [0.25, 0.3) is 0 Å². The number of hydrogen-bond acceptors (Lipinski definition) is 3. The van der Waals surface area contributed by atoms with E-state index in [0.29, 0.717) is 15.8 Å². The van der Waals surface area contributed by atoms with E-state index in [2.05, 4.69) is 0 Å². The number of hydrogen-bond donors (Lipinski definition) is 1. The van der Waals surface area contributed by atoms with Gasteiger partial charge in [0.15, 0.2) is 0 Å². The van der Waals surface area contributed by atoms with Crippen molar-refractivity contribution in [3.63, 3.8) is 0 Å². The van der Waals surface area contributed by atoms with Gasteiger partial charge in [-0.05, 0) is 37.3 Å². The topological polar surface area (TPSA) is 44.5 Å². The number of nitrogens with two attached hydrogens (primary N) is 1. The molecule has 1 aromatic rings. The summed E-state index contributed by atoms with van der Waals surface area (Å²) in [4.78, 5) is 0. The number of rotatable bonds is 5. The molecule has 0 heterocycles. The van der Waals surface area contributed by atoms with Gasteiger partial charge in [-0.3, -0.25) is 0 Å². The number of halogens is 2. The minimum Gasteiger partial charge on any atom is -0.495 e. The van der Waals surface area contributed by atoms with Crippen LogP contribution in [0.5, 0.6) is 5.75 Å². The number of methoxy groups -OCH3 is 2. The highest BCUT2D eigenvalue weighted by Crippen LogP contribution is 2.43. The standard InChI is InChI=1S/C14H19Cl2NO2/c1-18-13-7-10(15)9(6-11(13)16)12(17)8-14(19-2)4-3-5-14/h6-7,12H,3-5,8,17H2,1-2H3. The molecule has 1 aliphatic rings. The summed E-state index contributed by atoms with van der Waals surface area (Å²) in [5.74, 6) is 0.563. The molecule has 19 heavy (non-hydrogen) atoms. The third-order valence-electron chi connectivity index (χ3n) is 3.96. The second-order valence-electron chi connectivity index (χ2n) is 5.06. The summed E-state index contributed by atoms with van der Waals surface area (Å²) < 4.78 is 10.7. The molecule has 0 saturated heterocycles. The van der Waals surface area contributed by atoms with Gasteiger partial charge < -0.3 is 15.2 Å². The van der Waals surface area contributed by atoms with Crippen LogP contribution in [0.3, 0.4) is 0 Å². The van der Waals surface area contributed by atoms with Crippen molar-refractivity contribution < 1.29 is 9.47 Å². The molecule has 0 aromatic heterocycles. The van der Waals surface area contributed by atoms with E-state index >= 15 is 0 Å². The lowest BCUT2D eigenvalue weighted by Crippen LogP contribution is -2.41. The Kier molecular flexibility index (Phi) is 4.62. The van der Waals surface area contributed by atoms with Gasteiger partial charge in [-0.25, -0.2) is 0 Å². The molecule has 0 aliphatic heterocycles. The second-order valence-corrected chi connectivity index (χ2v) is 5.87. The Labute approximate surface area is 124 Å². The van der Waals surface area contributed by atoms with E-state index in [1.165, 1.54) is 6.42 Å². The molecule has 106 valence electrons. The van der Waals surface area contributed by atoms with Crippen molar-refractivity contribution in [1.82, 2.24) is 0 Å². The Balaban J connectivity index is 2.19. The lowest BCUT2D eigenvalue weighted by molar-refractivity contribution is -0.0816. The maximum atomic E-state index is 6.26. The SMILES string of the molecule is COc1cc(Cl)c(C(N)CC2(OC)CCC2)cc1Cl. The predicted octanol–water partition coefficient (Wildman–Crippen LogP) is 3.96. The van der Waals surface area contributed by atoms with Gasteiger partial charge in [-0.2, -0.15) is 0 Å². The van der Waals surface area contributed by atoms with E-state index in [1.807, 2.05) is 0 Å². The van der Waals surface area contributed by atoms with E-state index in [4.69, 9.17) is 38.4 Å². The molecule has 1 fully saturated rings. The normalized spacial score (nSPS) is 18.8. The van der Waals surface area contributed by atoms with Gasteiger partial charge in [-0.1, -0.05) is 23.2 Å². The Hall–Kier alpha value is -0.480. The zero-order valence-corrected chi connectivity index (χ0v) is 12.7. The molecular formula is C14H19Cl2NO2. The van der Waals surface area contributed by atoms with Crippen LogP contribution >= 0.6 is 23.2 Å². The van der Waals surface area contributed by atoms with Crippen molar-refractivity contribution in [1.29, 1.82) is 0 Å². The molecule has 1 aromatic carbocycles.